The topological polar surface area (TPSA) is 32.3 Å². The molecule has 1 atom stereocenters. The number of aliphatic hydroxyl groups excluding tert-OH is 1. The predicted octanol–water partition coefficient (Wildman–Crippen LogP) is 2.80. The summed E-state index contributed by atoms with van der Waals surface area (Å²) in [6, 6.07) is 0.481. The van der Waals surface area contributed by atoms with E-state index in [9.17, 15) is 5.11 Å². The van der Waals surface area contributed by atoms with Gasteiger partial charge in [-0.1, -0.05) is 33.6 Å². The zero-order valence-corrected chi connectivity index (χ0v) is 12.0. The van der Waals surface area contributed by atoms with Crippen LogP contribution in [0.15, 0.2) is 0 Å². The fourth-order valence-electron chi connectivity index (χ4n) is 2.34. The van der Waals surface area contributed by atoms with Gasteiger partial charge in [-0.25, -0.2) is 0 Å². The van der Waals surface area contributed by atoms with Crippen molar-refractivity contribution in [3.05, 3.63) is 0 Å². The van der Waals surface area contributed by atoms with Crippen LogP contribution in [0.25, 0.3) is 0 Å². The highest BCUT2D eigenvalue weighted by Crippen LogP contribution is 2.30. The molecule has 0 amide bonds. The van der Waals surface area contributed by atoms with Crippen molar-refractivity contribution in [2.75, 3.05) is 12.4 Å². The number of hydrogen-bond donors (Lipinski definition) is 2. The smallest absolute Gasteiger partial charge is 0.0613 e. The maximum Gasteiger partial charge on any atom is 0.0613 e. The Morgan fingerprint density at radius 2 is 1.88 bits per heavy atom. The Labute approximate surface area is 105 Å². The lowest BCUT2D eigenvalue weighted by atomic mass is 9.98. The second kappa shape index (κ2) is 5.74. The molecule has 1 saturated carbocycles. The normalized spacial score (nSPS) is 22.3. The summed E-state index contributed by atoms with van der Waals surface area (Å²) in [7, 11) is 0. The van der Waals surface area contributed by atoms with Gasteiger partial charge in [-0.15, -0.1) is 0 Å². The number of nitrogens with one attached hydrogen (secondary N) is 1. The summed E-state index contributed by atoms with van der Waals surface area (Å²) in [5.74, 6) is 1.12. The van der Waals surface area contributed by atoms with Crippen molar-refractivity contribution in [3.63, 3.8) is 0 Å². The highest BCUT2D eigenvalue weighted by Gasteiger charge is 2.34. The van der Waals surface area contributed by atoms with E-state index >= 15 is 0 Å². The standard InChI is InChI=1S/C13H27NOS/c1-11(9-16-12(2,3)4)14-13(10-15)7-5-6-8-13/h11,14-15H,5-10H2,1-4H3. The third-order valence-electron chi connectivity index (χ3n) is 3.18. The van der Waals surface area contributed by atoms with Crippen molar-refractivity contribution in [2.45, 2.75) is 69.7 Å². The third-order valence-corrected chi connectivity index (χ3v) is 4.71. The van der Waals surface area contributed by atoms with Crippen LogP contribution in [0.2, 0.25) is 0 Å². The van der Waals surface area contributed by atoms with E-state index < -0.39 is 0 Å². The maximum absolute atomic E-state index is 9.52. The lowest BCUT2D eigenvalue weighted by Gasteiger charge is -2.33. The predicted molar refractivity (Wildman–Crippen MR) is 73.1 cm³/mol. The maximum atomic E-state index is 9.52. The quantitative estimate of drug-likeness (QED) is 0.781. The number of hydrogen-bond acceptors (Lipinski definition) is 3. The van der Waals surface area contributed by atoms with Gasteiger partial charge < -0.3 is 10.4 Å². The van der Waals surface area contributed by atoms with E-state index in [4.69, 9.17) is 0 Å². The minimum absolute atomic E-state index is 0.0257. The zero-order chi connectivity index (χ0) is 12.2. The Kier molecular flexibility index (Phi) is 5.14. The van der Waals surface area contributed by atoms with Crippen LogP contribution < -0.4 is 5.32 Å². The highest BCUT2D eigenvalue weighted by atomic mass is 32.2. The van der Waals surface area contributed by atoms with Crippen molar-refractivity contribution < 1.29 is 5.11 Å². The van der Waals surface area contributed by atoms with Crippen molar-refractivity contribution in [2.24, 2.45) is 0 Å². The number of thioether (sulfide) groups is 1. The van der Waals surface area contributed by atoms with E-state index in [1.807, 2.05) is 11.8 Å². The van der Waals surface area contributed by atoms with Gasteiger partial charge in [0.05, 0.1) is 6.61 Å². The molecule has 0 aromatic carbocycles. The van der Waals surface area contributed by atoms with E-state index in [2.05, 4.69) is 33.0 Å². The molecule has 1 fully saturated rings. The van der Waals surface area contributed by atoms with Gasteiger partial charge in [0.25, 0.3) is 0 Å². The Balaban J connectivity index is 2.35. The molecule has 2 N–H and O–H groups in total. The Morgan fingerprint density at radius 3 is 2.31 bits per heavy atom. The Morgan fingerprint density at radius 1 is 1.31 bits per heavy atom. The average Bonchev–Trinajstić information content (AvgIpc) is 2.63. The summed E-state index contributed by atoms with van der Waals surface area (Å²) in [6.07, 6.45) is 4.78. The van der Waals surface area contributed by atoms with E-state index in [1.165, 1.54) is 12.8 Å². The molecular weight excluding hydrogens is 218 g/mol. The second-order valence-corrected chi connectivity index (χ2v) is 7.96. The first kappa shape index (κ1) is 14.3. The van der Waals surface area contributed by atoms with Crippen LogP contribution in [0.3, 0.4) is 0 Å². The van der Waals surface area contributed by atoms with E-state index in [0.29, 0.717) is 10.8 Å². The molecule has 0 heterocycles. The average molecular weight is 245 g/mol. The van der Waals surface area contributed by atoms with Crippen LogP contribution in [0.1, 0.15) is 53.4 Å². The molecule has 2 nitrogen and oxygen atoms in total. The molecule has 0 saturated heterocycles. The molecule has 0 bridgehead atoms. The van der Waals surface area contributed by atoms with Crippen LogP contribution in [0.4, 0.5) is 0 Å². The van der Waals surface area contributed by atoms with Crippen molar-refractivity contribution in [3.8, 4) is 0 Å². The molecule has 1 aliphatic rings. The summed E-state index contributed by atoms with van der Waals surface area (Å²) >= 11 is 1.99. The molecule has 0 aromatic rings. The van der Waals surface area contributed by atoms with Gasteiger partial charge in [0.15, 0.2) is 0 Å². The summed E-state index contributed by atoms with van der Waals surface area (Å²) < 4.78 is 0.331. The first-order valence-corrected chi connectivity index (χ1v) is 7.38. The molecule has 1 aliphatic carbocycles. The Bertz CT molecular complexity index is 206. The lowest BCUT2D eigenvalue weighted by molar-refractivity contribution is 0.156. The zero-order valence-electron chi connectivity index (χ0n) is 11.2. The van der Waals surface area contributed by atoms with Gasteiger partial charge in [-0.2, -0.15) is 11.8 Å². The van der Waals surface area contributed by atoms with Crippen LogP contribution in [0.5, 0.6) is 0 Å². The van der Waals surface area contributed by atoms with Gasteiger partial charge in [-0.05, 0) is 19.8 Å². The van der Waals surface area contributed by atoms with Crippen LogP contribution in [0, 0.1) is 0 Å². The SMILES string of the molecule is CC(CSC(C)(C)C)NC1(CO)CCCC1. The number of aliphatic hydroxyl groups is 1. The van der Waals surface area contributed by atoms with Gasteiger partial charge in [0.2, 0.25) is 0 Å². The molecule has 3 heteroatoms. The summed E-state index contributed by atoms with van der Waals surface area (Å²) in [5.41, 5.74) is 0.0257. The Hall–Kier alpha value is 0.270. The first-order valence-electron chi connectivity index (χ1n) is 6.39. The molecule has 0 aromatic heterocycles. The summed E-state index contributed by atoms with van der Waals surface area (Å²) in [6.45, 7) is 9.28. The van der Waals surface area contributed by atoms with Crippen LogP contribution in [-0.2, 0) is 0 Å². The molecule has 1 rings (SSSR count). The van der Waals surface area contributed by atoms with Gasteiger partial charge >= 0.3 is 0 Å². The third kappa shape index (κ3) is 4.64. The van der Waals surface area contributed by atoms with E-state index in [1.54, 1.807) is 0 Å². The van der Waals surface area contributed by atoms with Crippen LogP contribution in [-0.4, -0.2) is 33.8 Å². The molecule has 1 unspecified atom stereocenters. The highest BCUT2D eigenvalue weighted by molar-refractivity contribution is 8.00. The van der Waals surface area contributed by atoms with Gasteiger partial charge in [0, 0.05) is 22.1 Å². The van der Waals surface area contributed by atoms with E-state index in [0.717, 1.165) is 18.6 Å². The van der Waals surface area contributed by atoms with Gasteiger partial charge in [-0.3, -0.25) is 0 Å². The fraction of sp³-hybridized carbons (Fsp3) is 1.00. The minimum atomic E-state index is 0.0257. The second-order valence-electron chi connectivity index (χ2n) is 6.11. The van der Waals surface area contributed by atoms with E-state index in [-0.39, 0.29) is 12.1 Å². The van der Waals surface area contributed by atoms with Gasteiger partial charge in [0.1, 0.15) is 0 Å². The first-order chi connectivity index (χ1) is 7.37. The lowest BCUT2D eigenvalue weighted by Crippen LogP contribution is -2.51. The van der Waals surface area contributed by atoms with Crippen LogP contribution >= 0.6 is 11.8 Å². The minimum Gasteiger partial charge on any atom is -0.394 e. The molecule has 0 radical (unpaired) electrons. The fourth-order valence-corrected chi connectivity index (χ4v) is 3.17. The molecule has 96 valence electrons. The van der Waals surface area contributed by atoms with Crippen molar-refractivity contribution >= 4 is 11.8 Å². The van der Waals surface area contributed by atoms with Crippen molar-refractivity contribution in [1.82, 2.24) is 5.32 Å². The molecule has 0 spiro atoms. The molecular formula is C13H27NOS. The van der Waals surface area contributed by atoms with Crippen molar-refractivity contribution in [1.29, 1.82) is 0 Å². The summed E-state index contributed by atoms with van der Waals surface area (Å²) in [5, 5.41) is 13.2. The monoisotopic (exact) mass is 245 g/mol. The largest absolute Gasteiger partial charge is 0.394 e. The summed E-state index contributed by atoms with van der Waals surface area (Å²) in [4.78, 5) is 0. The molecule has 0 aliphatic heterocycles. The molecule has 16 heavy (non-hydrogen) atoms. The number of rotatable bonds is 5.